The van der Waals surface area contributed by atoms with Crippen molar-refractivity contribution in [3.63, 3.8) is 0 Å². The number of rotatable bonds is 8. The lowest BCUT2D eigenvalue weighted by Crippen LogP contribution is -2.41. The van der Waals surface area contributed by atoms with Gasteiger partial charge in [-0.15, -0.1) is 0 Å². The first-order valence-corrected chi connectivity index (χ1v) is 10.2. The molecule has 2 saturated heterocycles. The van der Waals surface area contributed by atoms with Crippen LogP contribution in [0.4, 0.5) is 0 Å². The molecule has 2 heterocycles. The molecule has 2 aliphatic rings. The van der Waals surface area contributed by atoms with Gasteiger partial charge in [0.1, 0.15) is 0 Å². The molecule has 25 heavy (non-hydrogen) atoms. The fourth-order valence-corrected chi connectivity index (χ4v) is 4.62. The molecule has 2 aliphatic heterocycles. The molecule has 0 aromatic heterocycles. The van der Waals surface area contributed by atoms with Gasteiger partial charge in [0.2, 0.25) is 11.8 Å². The highest BCUT2D eigenvalue weighted by molar-refractivity contribution is 5.89. The molecule has 0 spiro atoms. The minimum Gasteiger partial charge on any atom is -0.356 e. The second kappa shape index (κ2) is 9.56. The van der Waals surface area contributed by atoms with E-state index in [4.69, 9.17) is 0 Å². The number of hydrogen-bond acceptors (Lipinski definition) is 3. The SMILES string of the molecule is CCC(CC)N1CC(C(=O)NCCCN2CC(C)CC(C)C2)CC1=O. The standard InChI is InChI=1S/C20H37N3O2/c1-5-18(6-2)23-14-17(11-19(23)24)20(25)21-8-7-9-22-12-15(3)10-16(4)13-22/h15-18H,5-14H2,1-4H3,(H,21,25). The van der Waals surface area contributed by atoms with E-state index in [0.29, 0.717) is 19.5 Å². The fraction of sp³-hybridized carbons (Fsp3) is 0.900. The van der Waals surface area contributed by atoms with Crippen LogP contribution >= 0.6 is 0 Å². The maximum Gasteiger partial charge on any atom is 0.225 e. The zero-order valence-electron chi connectivity index (χ0n) is 16.6. The summed E-state index contributed by atoms with van der Waals surface area (Å²) >= 11 is 0. The predicted molar refractivity (Wildman–Crippen MR) is 101 cm³/mol. The second-order valence-corrected chi connectivity index (χ2v) is 8.27. The molecule has 144 valence electrons. The highest BCUT2D eigenvalue weighted by Gasteiger charge is 2.36. The molecule has 0 aromatic carbocycles. The molecule has 3 unspecified atom stereocenters. The predicted octanol–water partition coefficient (Wildman–Crippen LogP) is 2.51. The van der Waals surface area contributed by atoms with E-state index in [0.717, 1.165) is 37.6 Å². The number of nitrogens with zero attached hydrogens (tertiary/aromatic N) is 2. The highest BCUT2D eigenvalue weighted by Crippen LogP contribution is 2.23. The van der Waals surface area contributed by atoms with Crippen molar-refractivity contribution in [3.05, 3.63) is 0 Å². The Morgan fingerprint density at radius 3 is 2.40 bits per heavy atom. The summed E-state index contributed by atoms with van der Waals surface area (Å²) in [4.78, 5) is 29.0. The molecule has 5 heteroatoms. The van der Waals surface area contributed by atoms with Gasteiger partial charge in [0.05, 0.1) is 5.92 Å². The molecule has 2 amide bonds. The van der Waals surface area contributed by atoms with Crippen LogP contribution in [0.5, 0.6) is 0 Å². The van der Waals surface area contributed by atoms with Gasteiger partial charge in [0, 0.05) is 38.6 Å². The number of hydrogen-bond donors (Lipinski definition) is 1. The molecule has 0 aliphatic carbocycles. The van der Waals surface area contributed by atoms with Crippen molar-refractivity contribution >= 4 is 11.8 Å². The van der Waals surface area contributed by atoms with Gasteiger partial charge in [0.15, 0.2) is 0 Å². The smallest absolute Gasteiger partial charge is 0.225 e. The van der Waals surface area contributed by atoms with Crippen LogP contribution < -0.4 is 5.32 Å². The van der Waals surface area contributed by atoms with Gasteiger partial charge < -0.3 is 15.1 Å². The Morgan fingerprint density at radius 2 is 1.80 bits per heavy atom. The molecule has 0 radical (unpaired) electrons. The Labute approximate surface area is 153 Å². The molecule has 1 N–H and O–H groups in total. The summed E-state index contributed by atoms with van der Waals surface area (Å²) < 4.78 is 0. The highest BCUT2D eigenvalue weighted by atomic mass is 16.2. The lowest BCUT2D eigenvalue weighted by atomic mass is 9.92. The van der Waals surface area contributed by atoms with Crippen molar-refractivity contribution in [2.45, 2.75) is 65.8 Å². The summed E-state index contributed by atoms with van der Waals surface area (Å²) in [6.07, 6.45) is 4.62. The van der Waals surface area contributed by atoms with E-state index in [1.165, 1.54) is 19.5 Å². The topological polar surface area (TPSA) is 52.7 Å². The first-order chi connectivity index (χ1) is 11.9. The molecular weight excluding hydrogens is 314 g/mol. The van der Waals surface area contributed by atoms with E-state index in [9.17, 15) is 9.59 Å². The number of amides is 2. The van der Waals surface area contributed by atoms with Crippen LogP contribution in [-0.4, -0.2) is 60.4 Å². The fourth-order valence-electron chi connectivity index (χ4n) is 4.62. The number of likely N-dealkylation sites (tertiary alicyclic amines) is 2. The normalized spacial score (nSPS) is 28.0. The number of piperidine rings is 1. The molecule has 2 fully saturated rings. The van der Waals surface area contributed by atoms with Crippen molar-refractivity contribution in [3.8, 4) is 0 Å². The minimum absolute atomic E-state index is 0.0576. The van der Waals surface area contributed by atoms with Crippen molar-refractivity contribution < 1.29 is 9.59 Å². The van der Waals surface area contributed by atoms with Crippen molar-refractivity contribution in [2.75, 3.05) is 32.7 Å². The van der Waals surface area contributed by atoms with Crippen LogP contribution in [0, 0.1) is 17.8 Å². The number of nitrogens with one attached hydrogen (secondary N) is 1. The molecule has 5 nitrogen and oxygen atoms in total. The van der Waals surface area contributed by atoms with Gasteiger partial charge >= 0.3 is 0 Å². The minimum atomic E-state index is -0.164. The first-order valence-electron chi connectivity index (χ1n) is 10.2. The van der Waals surface area contributed by atoms with Crippen LogP contribution in [-0.2, 0) is 9.59 Å². The summed E-state index contributed by atoms with van der Waals surface area (Å²) in [6.45, 7) is 13.6. The lowest BCUT2D eigenvalue weighted by molar-refractivity contribution is -0.130. The van der Waals surface area contributed by atoms with Crippen molar-refractivity contribution in [1.82, 2.24) is 15.1 Å². The van der Waals surface area contributed by atoms with Crippen LogP contribution in [0.15, 0.2) is 0 Å². The third kappa shape index (κ3) is 5.70. The van der Waals surface area contributed by atoms with E-state index in [1.54, 1.807) is 0 Å². The Morgan fingerprint density at radius 1 is 1.16 bits per heavy atom. The zero-order chi connectivity index (χ0) is 18.4. The second-order valence-electron chi connectivity index (χ2n) is 8.27. The summed E-state index contributed by atoms with van der Waals surface area (Å²) in [5.74, 6) is 1.59. The first kappa shape index (κ1) is 20.2. The summed E-state index contributed by atoms with van der Waals surface area (Å²) in [7, 11) is 0. The molecular formula is C20H37N3O2. The van der Waals surface area contributed by atoms with Gasteiger partial charge in [0.25, 0.3) is 0 Å². The van der Waals surface area contributed by atoms with E-state index in [-0.39, 0.29) is 23.8 Å². The zero-order valence-corrected chi connectivity index (χ0v) is 16.6. The molecule has 2 rings (SSSR count). The van der Waals surface area contributed by atoms with Crippen molar-refractivity contribution in [2.24, 2.45) is 17.8 Å². The molecule has 0 saturated carbocycles. The maximum atomic E-state index is 12.4. The molecule has 0 bridgehead atoms. The van der Waals surface area contributed by atoms with Crippen LogP contribution in [0.2, 0.25) is 0 Å². The average Bonchev–Trinajstić information content (AvgIpc) is 2.94. The lowest BCUT2D eigenvalue weighted by Gasteiger charge is -2.34. The van der Waals surface area contributed by atoms with E-state index in [2.05, 4.69) is 37.9 Å². The van der Waals surface area contributed by atoms with E-state index < -0.39 is 0 Å². The Hall–Kier alpha value is -1.10. The number of carbonyl (C=O) groups is 2. The monoisotopic (exact) mass is 351 g/mol. The van der Waals surface area contributed by atoms with Crippen LogP contribution in [0.25, 0.3) is 0 Å². The quantitative estimate of drug-likeness (QED) is 0.684. The van der Waals surface area contributed by atoms with Gasteiger partial charge in [-0.2, -0.15) is 0 Å². The van der Waals surface area contributed by atoms with E-state index >= 15 is 0 Å². The van der Waals surface area contributed by atoms with Gasteiger partial charge in [-0.25, -0.2) is 0 Å². The van der Waals surface area contributed by atoms with Gasteiger partial charge in [-0.05, 0) is 44.1 Å². The van der Waals surface area contributed by atoms with Crippen molar-refractivity contribution in [1.29, 1.82) is 0 Å². The Bertz CT molecular complexity index is 440. The largest absolute Gasteiger partial charge is 0.356 e. The van der Waals surface area contributed by atoms with E-state index in [1.807, 2.05) is 4.90 Å². The Kier molecular flexibility index (Phi) is 7.73. The van der Waals surface area contributed by atoms with Gasteiger partial charge in [-0.3, -0.25) is 9.59 Å². The summed E-state index contributed by atoms with van der Waals surface area (Å²) in [5, 5.41) is 3.06. The third-order valence-corrected chi connectivity index (χ3v) is 5.81. The number of carbonyl (C=O) groups excluding carboxylic acids is 2. The summed E-state index contributed by atoms with van der Waals surface area (Å²) in [5.41, 5.74) is 0. The molecule has 0 aromatic rings. The van der Waals surface area contributed by atoms with Crippen LogP contribution in [0.1, 0.15) is 59.8 Å². The third-order valence-electron chi connectivity index (χ3n) is 5.81. The molecule has 3 atom stereocenters. The summed E-state index contributed by atoms with van der Waals surface area (Å²) in [6, 6.07) is 0.286. The maximum absolute atomic E-state index is 12.4. The van der Waals surface area contributed by atoms with Gasteiger partial charge in [-0.1, -0.05) is 27.7 Å². The Balaban J connectivity index is 1.68. The van der Waals surface area contributed by atoms with Crippen LogP contribution in [0.3, 0.4) is 0 Å². The average molecular weight is 352 g/mol.